The van der Waals surface area contributed by atoms with Crippen LogP contribution in [0.3, 0.4) is 0 Å². The lowest BCUT2D eigenvalue weighted by Crippen LogP contribution is -2.32. The predicted octanol–water partition coefficient (Wildman–Crippen LogP) is 3.70. The van der Waals surface area contributed by atoms with Crippen molar-refractivity contribution in [2.24, 2.45) is 0 Å². The van der Waals surface area contributed by atoms with Gasteiger partial charge in [0.15, 0.2) is 0 Å². The number of aromatic nitrogens is 1. The average molecular weight is 497 g/mol. The molecule has 0 amide bonds. The Hall–Kier alpha value is -3.89. The highest BCUT2D eigenvalue weighted by Crippen LogP contribution is 2.24. The van der Waals surface area contributed by atoms with Crippen LogP contribution >= 0.6 is 0 Å². The number of nitrogens with one attached hydrogen (secondary N) is 1. The van der Waals surface area contributed by atoms with Crippen molar-refractivity contribution in [1.29, 1.82) is 0 Å². The van der Waals surface area contributed by atoms with E-state index in [0.717, 1.165) is 4.31 Å². The SMILES string of the molecule is CCOC(=O)c1ccc(S(=O)(=O)N(Cc2ccco2)Cc2cc3cc(OC)ccc3[nH]c2=O)cc1. The van der Waals surface area contributed by atoms with E-state index < -0.39 is 21.6 Å². The van der Waals surface area contributed by atoms with Gasteiger partial charge in [-0.15, -0.1) is 0 Å². The summed E-state index contributed by atoms with van der Waals surface area (Å²) in [5.74, 6) is 0.481. The van der Waals surface area contributed by atoms with Crippen molar-refractivity contribution < 1.29 is 27.1 Å². The molecule has 0 unspecified atom stereocenters. The number of methoxy groups -OCH3 is 1. The second kappa shape index (κ2) is 10.2. The number of carbonyl (C=O) groups excluding carboxylic acids is 1. The van der Waals surface area contributed by atoms with Crippen LogP contribution in [0.2, 0.25) is 0 Å². The van der Waals surface area contributed by atoms with Gasteiger partial charge in [-0.05, 0) is 67.6 Å². The Morgan fingerprint density at radius 1 is 1.06 bits per heavy atom. The summed E-state index contributed by atoms with van der Waals surface area (Å²) in [6.45, 7) is 1.60. The number of pyridine rings is 1. The van der Waals surface area contributed by atoms with E-state index in [1.807, 2.05) is 0 Å². The zero-order valence-electron chi connectivity index (χ0n) is 19.2. The number of esters is 1. The molecule has 1 N–H and O–H groups in total. The molecule has 0 saturated heterocycles. The Labute approximate surface area is 202 Å². The van der Waals surface area contributed by atoms with Gasteiger partial charge in [-0.3, -0.25) is 4.79 Å². The van der Waals surface area contributed by atoms with E-state index >= 15 is 0 Å². The van der Waals surface area contributed by atoms with E-state index in [0.29, 0.717) is 22.4 Å². The molecule has 9 nitrogen and oxygen atoms in total. The van der Waals surface area contributed by atoms with E-state index in [2.05, 4.69) is 4.98 Å². The van der Waals surface area contributed by atoms with Gasteiger partial charge in [-0.2, -0.15) is 4.31 Å². The molecule has 4 aromatic rings. The number of hydrogen-bond donors (Lipinski definition) is 1. The maximum absolute atomic E-state index is 13.6. The molecule has 2 aromatic carbocycles. The summed E-state index contributed by atoms with van der Waals surface area (Å²) in [4.78, 5) is 27.5. The van der Waals surface area contributed by atoms with E-state index in [1.165, 1.54) is 30.5 Å². The summed E-state index contributed by atoms with van der Waals surface area (Å²) in [5, 5.41) is 0.702. The minimum atomic E-state index is -4.07. The lowest BCUT2D eigenvalue weighted by atomic mass is 10.1. The third-order valence-corrected chi connectivity index (χ3v) is 7.20. The number of ether oxygens (including phenoxy) is 2. The van der Waals surface area contributed by atoms with Crippen LogP contribution in [0.15, 0.2) is 81.0 Å². The monoisotopic (exact) mass is 496 g/mol. The van der Waals surface area contributed by atoms with Crippen LogP contribution in [0.1, 0.15) is 28.6 Å². The van der Waals surface area contributed by atoms with Gasteiger partial charge >= 0.3 is 5.97 Å². The second-order valence-electron chi connectivity index (χ2n) is 7.67. The summed E-state index contributed by atoms with van der Waals surface area (Å²) in [5.41, 5.74) is 0.696. The van der Waals surface area contributed by atoms with Crippen LogP contribution < -0.4 is 10.3 Å². The molecule has 0 radical (unpaired) electrons. The van der Waals surface area contributed by atoms with Crippen LogP contribution in [0.4, 0.5) is 0 Å². The summed E-state index contributed by atoms with van der Waals surface area (Å²) in [6, 6.07) is 15.6. The lowest BCUT2D eigenvalue weighted by molar-refractivity contribution is 0.0526. The number of hydrogen-bond acceptors (Lipinski definition) is 7. The van der Waals surface area contributed by atoms with Crippen molar-refractivity contribution >= 4 is 26.9 Å². The number of benzene rings is 2. The Bertz CT molecular complexity index is 1490. The molecule has 35 heavy (non-hydrogen) atoms. The number of rotatable bonds is 9. The molecular formula is C25H24N2O7S. The molecule has 10 heteroatoms. The quantitative estimate of drug-likeness (QED) is 0.351. The number of H-pyrrole nitrogens is 1. The zero-order valence-corrected chi connectivity index (χ0v) is 20.0. The number of sulfonamides is 1. The minimum absolute atomic E-state index is 0.0315. The van der Waals surface area contributed by atoms with Crippen molar-refractivity contribution in [2.75, 3.05) is 13.7 Å². The van der Waals surface area contributed by atoms with Gasteiger partial charge in [0.1, 0.15) is 11.5 Å². The number of furan rings is 1. The molecule has 4 rings (SSSR count). The molecule has 2 heterocycles. The lowest BCUT2D eigenvalue weighted by Gasteiger charge is -2.21. The van der Waals surface area contributed by atoms with Crippen molar-refractivity contribution in [2.45, 2.75) is 24.9 Å². The minimum Gasteiger partial charge on any atom is -0.497 e. The zero-order chi connectivity index (χ0) is 25.0. The van der Waals surface area contributed by atoms with Crippen molar-refractivity contribution in [3.63, 3.8) is 0 Å². The van der Waals surface area contributed by atoms with Gasteiger partial charge in [0, 0.05) is 23.0 Å². The Morgan fingerprint density at radius 2 is 1.83 bits per heavy atom. The second-order valence-corrected chi connectivity index (χ2v) is 9.61. The number of fused-ring (bicyclic) bond motifs is 1. The Morgan fingerprint density at radius 3 is 2.49 bits per heavy atom. The third kappa shape index (κ3) is 5.28. The fourth-order valence-corrected chi connectivity index (χ4v) is 4.98. The van der Waals surface area contributed by atoms with Gasteiger partial charge < -0.3 is 18.9 Å². The van der Waals surface area contributed by atoms with Crippen LogP contribution in [0.25, 0.3) is 10.9 Å². The van der Waals surface area contributed by atoms with E-state index in [-0.39, 0.29) is 35.7 Å². The van der Waals surface area contributed by atoms with Crippen molar-refractivity contribution in [3.8, 4) is 5.75 Å². The molecule has 0 fully saturated rings. The van der Waals surface area contributed by atoms with E-state index in [1.54, 1.807) is 50.4 Å². The molecule has 0 spiro atoms. The molecule has 0 aliphatic rings. The normalized spacial score (nSPS) is 11.6. The smallest absolute Gasteiger partial charge is 0.338 e. The summed E-state index contributed by atoms with van der Waals surface area (Å²) in [7, 11) is -2.53. The van der Waals surface area contributed by atoms with Gasteiger partial charge in [0.2, 0.25) is 10.0 Å². The van der Waals surface area contributed by atoms with Gasteiger partial charge in [0.25, 0.3) is 5.56 Å². The molecule has 0 atom stereocenters. The Balaban J connectivity index is 1.71. The molecule has 0 aliphatic heterocycles. The van der Waals surface area contributed by atoms with Gasteiger partial charge in [-0.1, -0.05) is 0 Å². The summed E-state index contributed by atoms with van der Waals surface area (Å²) < 4.78 is 43.9. The van der Waals surface area contributed by atoms with Crippen molar-refractivity contribution in [1.82, 2.24) is 9.29 Å². The fraction of sp³-hybridized carbons (Fsp3) is 0.200. The number of nitrogens with zero attached hydrogens (tertiary/aromatic N) is 1. The molecule has 0 saturated carbocycles. The number of aromatic amines is 1. The average Bonchev–Trinajstić information content (AvgIpc) is 3.37. The van der Waals surface area contributed by atoms with Crippen LogP contribution in [0.5, 0.6) is 5.75 Å². The van der Waals surface area contributed by atoms with Crippen LogP contribution in [-0.4, -0.2) is 37.4 Å². The van der Waals surface area contributed by atoms with E-state index in [9.17, 15) is 18.0 Å². The highest BCUT2D eigenvalue weighted by molar-refractivity contribution is 7.89. The summed E-state index contributed by atoms with van der Waals surface area (Å²) in [6.07, 6.45) is 1.45. The maximum atomic E-state index is 13.6. The highest BCUT2D eigenvalue weighted by Gasteiger charge is 2.27. The predicted molar refractivity (Wildman–Crippen MR) is 129 cm³/mol. The molecule has 0 aliphatic carbocycles. The maximum Gasteiger partial charge on any atom is 0.338 e. The largest absolute Gasteiger partial charge is 0.497 e. The molecule has 2 aromatic heterocycles. The first kappa shape index (κ1) is 24.2. The Kier molecular flexibility index (Phi) is 7.04. The standard InChI is InChI=1S/C25H24N2O7S/c1-3-33-25(29)17-6-9-22(10-7-17)35(30,31)27(16-21-5-4-12-34-21)15-19-13-18-14-20(32-2)8-11-23(18)26-24(19)28/h4-14H,3,15-16H2,1-2H3,(H,26,28). The van der Waals surface area contributed by atoms with Gasteiger partial charge in [-0.25, -0.2) is 13.2 Å². The van der Waals surface area contributed by atoms with Gasteiger partial charge in [0.05, 0.1) is 37.0 Å². The highest BCUT2D eigenvalue weighted by atomic mass is 32.2. The van der Waals surface area contributed by atoms with Crippen molar-refractivity contribution in [3.05, 3.63) is 94.2 Å². The molecule has 0 bridgehead atoms. The first-order chi connectivity index (χ1) is 16.8. The van der Waals surface area contributed by atoms with Crippen LogP contribution in [-0.2, 0) is 27.8 Å². The first-order valence-corrected chi connectivity index (χ1v) is 12.3. The first-order valence-electron chi connectivity index (χ1n) is 10.8. The van der Waals surface area contributed by atoms with E-state index in [4.69, 9.17) is 13.9 Å². The molecule has 182 valence electrons. The number of carbonyl (C=O) groups is 1. The topological polar surface area (TPSA) is 119 Å². The fourth-order valence-electron chi connectivity index (χ4n) is 3.59. The van der Waals surface area contributed by atoms with Crippen LogP contribution in [0, 0.1) is 0 Å². The third-order valence-electron chi connectivity index (χ3n) is 5.39. The summed E-state index contributed by atoms with van der Waals surface area (Å²) >= 11 is 0. The molecular weight excluding hydrogens is 472 g/mol.